The summed E-state index contributed by atoms with van der Waals surface area (Å²) in [7, 11) is 3.27. The van der Waals surface area contributed by atoms with Crippen molar-refractivity contribution in [1.82, 2.24) is 59.5 Å². The normalized spacial score (nSPS) is 16.3. The number of carbonyl (C=O) groups is 4. The quantitative estimate of drug-likeness (QED) is 0.0289. The molecule has 4 aromatic heterocycles. The molecule has 0 bridgehead atoms. The Hall–Kier alpha value is -12.8. The third kappa shape index (κ3) is 23.2. The highest BCUT2D eigenvalue weighted by Gasteiger charge is 2.34. The van der Waals surface area contributed by atoms with E-state index in [0.717, 1.165) is 179 Å². The Balaban J connectivity index is 0.000000135. The van der Waals surface area contributed by atoms with E-state index >= 15 is 0 Å². The molecular weight excluding hydrogens is 1780 g/mol. The van der Waals surface area contributed by atoms with Gasteiger partial charge in [-0.15, -0.1) is 0 Å². The molecule has 0 saturated carbocycles. The summed E-state index contributed by atoms with van der Waals surface area (Å²) in [6.07, 6.45) is 19.8. The van der Waals surface area contributed by atoms with E-state index in [-0.39, 0.29) is 55.9 Å². The fourth-order valence-corrected chi connectivity index (χ4v) is 17.5. The van der Waals surface area contributed by atoms with Gasteiger partial charge in [0, 0.05) is 134 Å². The topological polar surface area (TPSA) is 288 Å². The Morgan fingerprint density at radius 2 is 0.636 bits per heavy atom. The molecule has 8 aromatic carbocycles. The molecule has 18 rings (SSSR count). The van der Waals surface area contributed by atoms with Crippen molar-refractivity contribution in [2.75, 3.05) is 114 Å². The van der Waals surface area contributed by atoms with Gasteiger partial charge in [0.1, 0.15) is 107 Å². The van der Waals surface area contributed by atoms with Gasteiger partial charge in [-0.3, -0.25) is 19.2 Å². The van der Waals surface area contributed by atoms with E-state index < -0.39 is 23.3 Å². The number of methoxy groups -OCH3 is 2. The van der Waals surface area contributed by atoms with E-state index in [0.29, 0.717) is 122 Å². The number of benzene rings is 8. The Morgan fingerprint density at radius 1 is 0.371 bits per heavy atom. The van der Waals surface area contributed by atoms with Gasteiger partial charge in [0.15, 0.2) is 0 Å². The number of anilines is 8. The maximum atomic E-state index is 13.6. The van der Waals surface area contributed by atoms with Crippen LogP contribution >= 0.6 is 46.4 Å². The maximum absolute atomic E-state index is 13.6. The van der Waals surface area contributed by atoms with Crippen molar-refractivity contribution < 1.29 is 65.2 Å². The van der Waals surface area contributed by atoms with Crippen LogP contribution in [0.2, 0.25) is 20.1 Å². The number of amides is 4. The number of likely N-dealkylation sites (tertiary alicyclic amines) is 4. The van der Waals surface area contributed by atoms with Crippen molar-refractivity contribution in [3.05, 3.63) is 263 Å². The molecule has 0 radical (unpaired) electrons. The summed E-state index contributed by atoms with van der Waals surface area (Å²) in [5, 5.41) is 16.3. The molecule has 132 heavy (non-hydrogen) atoms. The highest BCUT2D eigenvalue weighted by Crippen LogP contribution is 2.41. The molecule has 4 amide bonds. The Labute approximate surface area is 779 Å². The second-order valence-electron chi connectivity index (χ2n) is 32.8. The van der Waals surface area contributed by atoms with Crippen LogP contribution in [-0.4, -0.2) is 188 Å². The van der Waals surface area contributed by atoms with Crippen molar-refractivity contribution in [3.63, 3.8) is 0 Å². The predicted octanol–water partition coefficient (Wildman–Crippen LogP) is 19.3. The maximum Gasteiger partial charge on any atom is 0.245 e. The first kappa shape index (κ1) is 93.8. The number of piperidine rings is 2. The largest absolute Gasteiger partial charge is 0.496 e. The predicted molar refractivity (Wildman–Crippen MR) is 504 cm³/mol. The molecule has 684 valence electrons. The lowest BCUT2D eigenvalue weighted by molar-refractivity contribution is -0.132. The van der Waals surface area contributed by atoms with Crippen LogP contribution in [0, 0.1) is 46.9 Å². The number of ether oxygens (including phenoxy) is 6. The van der Waals surface area contributed by atoms with Gasteiger partial charge in [-0.2, -0.15) is 0 Å². The summed E-state index contributed by atoms with van der Waals surface area (Å²) in [4.78, 5) is 89.8. The van der Waals surface area contributed by atoms with E-state index in [1.807, 2.05) is 52.3 Å². The summed E-state index contributed by atoms with van der Waals surface area (Å²) < 4.78 is 89.1. The number of carbonyl (C=O) groups excluding carboxylic acids is 4. The van der Waals surface area contributed by atoms with E-state index in [1.165, 1.54) is 98.1 Å². The number of fused-ring (bicyclic) bond motifs is 4. The lowest BCUT2D eigenvalue weighted by Crippen LogP contribution is -2.50. The number of nitrogens with one attached hydrogen (secondary N) is 4. The number of hydrogen-bond donors (Lipinski definition) is 4. The summed E-state index contributed by atoms with van der Waals surface area (Å²) in [5.74, 6) is 4.94. The third-order valence-corrected chi connectivity index (χ3v) is 25.1. The van der Waals surface area contributed by atoms with Crippen molar-refractivity contribution in [1.29, 1.82) is 0 Å². The van der Waals surface area contributed by atoms with Crippen molar-refractivity contribution >= 4 is 160 Å². The Bertz CT molecular complexity index is 6310. The van der Waals surface area contributed by atoms with E-state index in [2.05, 4.69) is 93.5 Å². The smallest absolute Gasteiger partial charge is 0.245 e. The monoisotopic (exact) mass is 1870 g/mol. The van der Waals surface area contributed by atoms with Crippen LogP contribution in [-0.2, 0) is 54.3 Å². The van der Waals surface area contributed by atoms with Crippen LogP contribution in [0.4, 0.5) is 63.6 Å². The average Bonchev–Trinajstić information content (AvgIpc) is 0.894. The number of nitrogens with zero attached hydrogens (tertiary/aromatic N) is 12. The molecule has 0 aliphatic carbocycles. The van der Waals surface area contributed by atoms with Crippen LogP contribution in [0.15, 0.2) is 197 Å². The van der Waals surface area contributed by atoms with Gasteiger partial charge in [0.25, 0.3) is 0 Å². The molecule has 34 heteroatoms. The summed E-state index contributed by atoms with van der Waals surface area (Å²) in [6.45, 7) is 22.4. The summed E-state index contributed by atoms with van der Waals surface area (Å²) in [5.41, 5.74) is 9.58. The Morgan fingerprint density at radius 3 is 0.894 bits per heavy atom. The molecule has 6 aliphatic heterocycles. The Kier molecular flexibility index (Phi) is 30.9. The van der Waals surface area contributed by atoms with Crippen molar-refractivity contribution in [2.45, 2.75) is 76.4 Å². The minimum absolute atomic E-state index is 0.00257. The van der Waals surface area contributed by atoms with Crippen molar-refractivity contribution in [3.8, 4) is 23.0 Å². The molecule has 2 atom stereocenters. The lowest BCUT2D eigenvalue weighted by atomic mass is 9.89. The first-order valence-electron chi connectivity index (χ1n) is 43.2. The van der Waals surface area contributed by atoms with Gasteiger partial charge in [-0.25, -0.2) is 57.4 Å². The average molecular weight is 1880 g/mol. The number of rotatable bonds is 26. The van der Waals surface area contributed by atoms with Gasteiger partial charge in [-0.05, 0) is 219 Å². The molecule has 26 nitrogen and oxygen atoms in total. The second kappa shape index (κ2) is 43.5. The first-order chi connectivity index (χ1) is 63.9. The fraction of sp³-hybridized carbons (Fsp3) is 0.306. The highest BCUT2D eigenvalue weighted by molar-refractivity contribution is 6.32. The van der Waals surface area contributed by atoms with Crippen LogP contribution in [0.5, 0.6) is 23.0 Å². The number of halogens is 8. The van der Waals surface area contributed by atoms with E-state index in [4.69, 9.17) is 74.8 Å². The highest BCUT2D eigenvalue weighted by atomic mass is 35.5. The molecule has 2 unspecified atom stereocenters. The van der Waals surface area contributed by atoms with Gasteiger partial charge in [-0.1, -0.05) is 72.7 Å². The molecule has 6 aliphatic rings. The first-order valence-corrected chi connectivity index (χ1v) is 44.7. The van der Waals surface area contributed by atoms with Crippen LogP contribution < -0.4 is 40.2 Å². The SMILES string of the molecule is C=CC(=O)N1CC(Cc2cc3c(Nc4ccc(F)c(Cl)c4)ncnc3cc2OC)C1.C=CC(=O)N1CC(Cc2cc3c(Nc4ccc(F)c(Cl)c4)ncnc3cc2OC2CCOC2)C1.C=CC(=O)N1CCC(Cc2cc3c(Nc4ccc(F)c(Cl)c4)ncnc3cc2OC)CC1.C=CC(=O)N1CCC(Cc2cc3c(Nc4ccc(F)c(Cl)c4)ncnc3cc2OC2CCOC2)CC1. The van der Waals surface area contributed by atoms with E-state index in [1.54, 1.807) is 48.3 Å². The van der Waals surface area contributed by atoms with Crippen LogP contribution in [0.1, 0.15) is 60.8 Å². The molecule has 4 N–H and O–H groups in total. The second-order valence-corrected chi connectivity index (χ2v) is 34.4. The number of aromatic nitrogens is 8. The molecular formula is C98H96Cl4F4N16O10. The minimum Gasteiger partial charge on any atom is -0.496 e. The van der Waals surface area contributed by atoms with E-state index in [9.17, 15) is 36.7 Å². The zero-order chi connectivity index (χ0) is 92.6. The molecule has 6 fully saturated rings. The summed E-state index contributed by atoms with van der Waals surface area (Å²) in [6, 6.07) is 33.6. The lowest BCUT2D eigenvalue weighted by Gasteiger charge is -2.39. The minimum atomic E-state index is -0.482. The van der Waals surface area contributed by atoms with Crippen LogP contribution in [0.3, 0.4) is 0 Å². The fourth-order valence-electron chi connectivity index (χ4n) is 16.8. The third-order valence-electron chi connectivity index (χ3n) is 23.9. The zero-order valence-electron chi connectivity index (χ0n) is 72.5. The van der Waals surface area contributed by atoms with Gasteiger partial charge >= 0.3 is 0 Å². The van der Waals surface area contributed by atoms with Crippen LogP contribution in [0.25, 0.3) is 43.6 Å². The van der Waals surface area contributed by atoms with Gasteiger partial charge < -0.3 is 69.3 Å². The van der Waals surface area contributed by atoms with Gasteiger partial charge in [0.05, 0.1) is 82.8 Å². The molecule has 12 aromatic rings. The summed E-state index contributed by atoms with van der Waals surface area (Å²) >= 11 is 23.7. The van der Waals surface area contributed by atoms with Gasteiger partial charge in [0.2, 0.25) is 23.6 Å². The molecule has 6 saturated heterocycles. The standard InChI is InChI=1S/C27H28ClFN4O3.C25H24ClFN4O3.C24H24ClFN4O2.C22H20ClFN4O2/c1-2-26(34)33-8-5-17(6-9-33)11-18-12-21-24(14-25(18)36-20-7-10-35-15-20)30-16-31-27(21)32-19-3-4-23(29)22(28)13-19;1-2-24(32)31-11-15(12-31)7-16-8-19-22(10-23(16)34-18-5-6-33-13-18)28-14-29-25(19)30-17-3-4-21(27)20(26)9-17;1-3-23(31)30-8-6-15(7-9-30)10-16-11-18-21(13-22(16)32-2)27-14-28-24(18)29-17-4-5-20(26)19(25)12-17;1-3-21(29)28-10-13(11-28)6-14-7-16-19(9-20(14)30-2)25-12-26-22(16)27-15-4-5-18(24)17(23)8-15/h2-4,12-14,16-17,20H,1,5-11,15H2,(H,30,31,32);2-4,8-10,14-15,18H,1,5-7,11-13H2,(H,28,29,30);3-5,11-15H,1,6-10H2,2H3,(H,27,28,29);3-5,7-9,12-13H,1,6,10-11H2,2H3,(H,25,26,27). The zero-order valence-corrected chi connectivity index (χ0v) is 75.5. The molecule has 0 spiro atoms. The molecule has 10 heterocycles. The van der Waals surface area contributed by atoms with Crippen molar-refractivity contribution in [2.24, 2.45) is 23.7 Å². The number of hydrogen-bond acceptors (Lipinski definition) is 22.